The monoisotopic (exact) mass is 318 g/mol. The Labute approximate surface area is 137 Å². The van der Waals surface area contributed by atoms with Gasteiger partial charge in [-0.15, -0.1) is 0 Å². The van der Waals surface area contributed by atoms with Gasteiger partial charge >= 0.3 is 0 Å². The highest BCUT2D eigenvalue weighted by Gasteiger charge is 2.21. The second-order valence-electron chi connectivity index (χ2n) is 6.30. The second-order valence-corrected chi connectivity index (χ2v) is 6.30. The minimum absolute atomic E-state index is 0.0856. The summed E-state index contributed by atoms with van der Waals surface area (Å²) in [6.45, 7) is 3.11. The molecule has 126 valence electrons. The van der Waals surface area contributed by atoms with E-state index in [1.807, 2.05) is 6.92 Å². The molecule has 0 heterocycles. The Kier molecular flexibility index (Phi) is 6.16. The molecule has 0 aromatic heterocycles. The molecule has 1 aromatic carbocycles. The van der Waals surface area contributed by atoms with Crippen LogP contribution in [0.25, 0.3) is 0 Å². The molecular formula is C18H26N2O3. The average molecular weight is 318 g/mol. The predicted octanol–water partition coefficient (Wildman–Crippen LogP) is 2.06. The van der Waals surface area contributed by atoms with Crippen LogP contribution in [0.15, 0.2) is 24.3 Å². The van der Waals surface area contributed by atoms with E-state index in [0.29, 0.717) is 30.1 Å². The first-order valence-corrected chi connectivity index (χ1v) is 8.33. The van der Waals surface area contributed by atoms with Gasteiger partial charge in [0.25, 0.3) is 11.8 Å². The van der Waals surface area contributed by atoms with Crippen LogP contribution in [-0.2, 0) is 0 Å². The molecule has 0 bridgehead atoms. The van der Waals surface area contributed by atoms with Crippen molar-refractivity contribution in [1.82, 2.24) is 10.2 Å². The van der Waals surface area contributed by atoms with Gasteiger partial charge in [-0.25, -0.2) is 0 Å². The summed E-state index contributed by atoms with van der Waals surface area (Å²) in [5.41, 5.74) is 1.02. The van der Waals surface area contributed by atoms with Crippen molar-refractivity contribution in [2.75, 3.05) is 20.1 Å². The number of hydrogen-bond acceptors (Lipinski definition) is 3. The Morgan fingerprint density at radius 3 is 2.74 bits per heavy atom. The van der Waals surface area contributed by atoms with Crippen molar-refractivity contribution >= 4 is 11.8 Å². The van der Waals surface area contributed by atoms with Gasteiger partial charge < -0.3 is 15.3 Å². The fourth-order valence-corrected chi connectivity index (χ4v) is 2.94. The van der Waals surface area contributed by atoms with E-state index in [1.165, 1.54) is 0 Å². The molecule has 0 saturated heterocycles. The number of aliphatic hydroxyl groups is 1. The number of aliphatic hydroxyl groups excluding tert-OH is 1. The lowest BCUT2D eigenvalue weighted by Gasteiger charge is -2.25. The number of carbonyl (C=O) groups excluding carboxylic acids is 2. The van der Waals surface area contributed by atoms with Gasteiger partial charge in [-0.05, 0) is 50.3 Å². The molecule has 0 spiro atoms. The van der Waals surface area contributed by atoms with Crippen molar-refractivity contribution in [1.29, 1.82) is 0 Å². The van der Waals surface area contributed by atoms with Gasteiger partial charge in [0.05, 0.1) is 6.10 Å². The van der Waals surface area contributed by atoms with Crippen LogP contribution in [0.5, 0.6) is 0 Å². The molecule has 2 atom stereocenters. The Hall–Kier alpha value is -1.88. The van der Waals surface area contributed by atoms with E-state index in [-0.39, 0.29) is 17.9 Å². The summed E-state index contributed by atoms with van der Waals surface area (Å²) in [5.74, 6) is 0.0788. The molecule has 1 saturated carbocycles. The number of hydrogen-bond donors (Lipinski definition) is 2. The van der Waals surface area contributed by atoms with Gasteiger partial charge in [-0.2, -0.15) is 0 Å². The third-order valence-corrected chi connectivity index (χ3v) is 4.50. The second kappa shape index (κ2) is 8.11. The largest absolute Gasteiger partial charge is 0.393 e. The number of carbonyl (C=O) groups is 2. The van der Waals surface area contributed by atoms with Crippen LogP contribution >= 0.6 is 0 Å². The molecule has 1 fully saturated rings. The number of nitrogens with zero attached hydrogens (tertiary/aromatic N) is 1. The van der Waals surface area contributed by atoms with Crippen LogP contribution in [0.3, 0.4) is 0 Å². The Morgan fingerprint density at radius 1 is 1.30 bits per heavy atom. The summed E-state index contributed by atoms with van der Waals surface area (Å²) in [4.78, 5) is 26.1. The SMILES string of the molecule is CCN(C)C(=O)c1cccc(C(=O)NCC2CCCC(O)C2)c1. The summed E-state index contributed by atoms with van der Waals surface area (Å²) in [6.07, 6.45) is 3.42. The van der Waals surface area contributed by atoms with E-state index in [1.54, 1.807) is 36.2 Å². The molecule has 23 heavy (non-hydrogen) atoms. The van der Waals surface area contributed by atoms with Gasteiger partial charge in [-0.1, -0.05) is 12.5 Å². The molecule has 1 aromatic rings. The van der Waals surface area contributed by atoms with E-state index >= 15 is 0 Å². The van der Waals surface area contributed by atoms with E-state index in [4.69, 9.17) is 0 Å². The van der Waals surface area contributed by atoms with Crippen molar-refractivity contribution in [3.63, 3.8) is 0 Å². The minimum Gasteiger partial charge on any atom is -0.393 e. The first-order chi connectivity index (χ1) is 11.0. The highest BCUT2D eigenvalue weighted by atomic mass is 16.3. The lowest BCUT2D eigenvalue weighted by molar-refractivity contribution is 0.0802. The van der Waals surface area contributed by atoms with Crippen molar-refractivity contribution in [3.8, 4) is 0 Å². The van der Waals surface area contributed by atoms with Crippen LogP contribution in [0.1, 0.15) is 53.3 Å². The Balaban J connectivity index is 1.95. The topological polar surface area (TPSA) is 69.6 Å². The van der Waals surface area contributed by atoms with Gasteiger partial charge in [0, 0.05) is 31.3 Å². The lowest BCUT2D eigenvalue weighted by atomic mass is 9.87. The lowest BCUT2D eigenvalue weighted by Crippen LogP contribution is -2.33. The molecule has 0 aliphatic heterocycles. The quantitative estimate of drug-likeness (QED) is 0.873. The molecule has 2 amide bonds. The number of nitrogens with one attached hydrogen (secondary N) is 1. The number of amides is 2. The van der Waals surface area contributed by atoms with Crippen molar-refractivity contribution in [2.45, 2.75) is 38.7 Å². The summed E-state index contributed by atoms with van der Waals surface area (Å²) in [5, 5.41) is 12.6. The minimum atomic E-state index is -0.240. The predicted molar refractivity (Wildman–Crippen MR) is 89.4 cm³/mol. The molecule has 1 aliphatic carbocycles. The van der Waals surface area contributed by atoms with Crippen LogP contribution in [0.4, 0.5) is 0 Å². The molecule has 2 rings (SSSR count). The van der Waals surface area contributed by atoms with Crippen molar-refractivity contribution < 1.29 is 14.7 Å². The van der Waals surface area contributed by atoms with Crippen LogP contribution in [0.2, 0.25) is 0 Å². The highest BCUT2D eigenvalue weighted by molar-refractivity contribution is 5.99. The third kappa shape index (κ3) is 4.79. The number of rotatable bonds is 5. The normalized spacial score (nSPS) is 20.8. The fraction of sp³-hybridized carbons (Fsp3) is 0.556. The Morgan fingerprint density at radius 2 is 2.04 bits per heavy atom. The summed E-state index contributed by atoms with van der Waals surface area (Å²) >= 11 is 0. The molecule has 2 unspecified atom stereocenters. The van der Waals surface area contributed by atoms with Gasteiger partial charge in [-0.3, -0.25) is 9.59 Å². The van der Waals surface area contributed by atoms with Gasteiger partial charge in [0.15, 0.2) is 0 Å². The van der Waals surface area contributed by atoms with Crippen molar-refractivity contribution in [3.05, 3.63) is 35.4 Å². The van der Waals surface area contributed by atoms with Crippen LogP contribution in [0, 0.1) is 5.92 Å². The molecule has 1 aliphatic rings. The third-order valence-electron chi connectivity index (χ3n) is 4.50. The van der Waals surface area contributed by atoms with Gasteiger partial charge in [0.2, 0.25) is 0 Å². The van der Waals surface area contributed by atoms with Crippen LogP contribution in [-0.4, -0.2) is 48.1 Å². The smallest absolute Gasteiger partial charge is 0.253 e. The maximum Gasteiger partial charge on any atom is 0.253 e. The maximum atomic E-state index is 12.3. The Bertz CT molecular complexity index is 559. The molecule has 5 heteroatoms. The van der Waals surface area contributed by atoms with Crippen LogP contribution < -0.4 is 5.32 Å². The first-order valence-electron chi connectivity index (χ1n) is 8.33. The first kappa shape index (κ1) is 17.5. The maximum absolute atomic E-state index is 12.3. The summed E-state index contributed by atoms with van der Waals surface area (Å²) in [6, 6.07) is 6.81. The molecular weight excluding hydrogens is 292 g/mol. The standard InChI is InChI=1S/C18H26N2O3/c1-3-20(2)18(23)15-8-5-7-14(11-15)17(22)19-12-13-6-4-9-16(21)10-13/h5,7-8,11,13,16,21H,3-4,6,9-10,12H2,1-2H3,(H,19,22). The molecule has 0 radical (unpaired) electrons. The van der Waals surface area contributed by atoms with Gasteiger partial charge in [0.1, 0.15) is 0 Å². The fourth-order valence-electron chi connectivity index (χ4n) is 2.94. The van der Waals surface area contributed by atoms with Crippen molar-refractivity contribution in [2.24, 2.45) is 5.92 Å². The average Bonchev–Trinajstić information content (AvgIpc) is 2.58. The van der Waals surface area contributed by atoms with E-state index in [0.717, 1.165) is 25.7 Å². The zero-order chi connectivity index (χ0) is 16.8. The zero-order valence-corrected chi connectivity index (χ0v) is 13.9. The zero-order valence-electron chi connectivity index (χ0n) is 13.9. The van der Waals surface area contributed by atoms with E-state index in [9.17, 15) is 14.7 Å². The molecule has 5 nitrogen and oxygen atoms in total. The van der Waals surface area contributed by atoms with E-state index < -0.39 is 0 Å². The summed E-state index contributed by atoms with van der Waals surface area (Å²) in [7, 11) is 1.74. The highest BCUT2D eigenvalue weighted by Crippen LogP contribution is 2.23. The summed E-state index contributed by atoms with van der Waals surface area (Å²) < 4.78 is 0. The molecule has 2 N–H and O–H groups in total. The van der Waals surface area contributed by atoms with E-state index in [2.05, 4.69) is 5.32 Å². The number of benzene rings is 1.